The SMILES string of the molecule is CCC(CCCNC(=O)[C@@H]1N[C@H](CC(C)(C)C)[C@]2(C(=O)Nc3cc(Cl)c(F)cc32)[C@H]1c1ccc(F)c(Cl)c1)C[C@@H](O)CO. The number of anilines is 1. The number of carbonyl (C=O) groups excluding carboxylic acids is 2. The number of carbonyl (C=O) groups is 2. The second-order valence-corrected chi connectivity index (χ2v) is 13.8. The van der Waals surface area contributed by atoms with Crippen LogP contribution in [0.4, 0.5) is 14.5 Å². The number of aliphatic hydroxyl groups is 2. The topological polar surface area (TPSA) is 111 Å². The summed E-state index contributed by atoms with van der Waals surface area (Å²) in [5.74, 6) is -2.74. The van der Waals surface area contributed by atoms with E-state index in [4.69, 9.17) is 23.2 Å². The molecule has 0 bridgehead atoms. The smallest absolute Gasteiger partial charge is 0.237 e. The van der Waals surface area contributed by atoms with Gasteiger partial charge in [0, 0.05) is 24.2 Å². The second kappa shape index (κ2) is 13.4. The number of hydrogen-bond donors (Lipinski definition) is 5. The van der Waals surface area contributed by atoms with E-state index in [1.165, 1.54) is 30.3 Å². The highest BCUT2D eigenvalue weighted by Crippen LogP contribution is 2.57. The first-order valence-corrected chi connectivity index (χ1v) is 15.6. The van der Waals surface area contributed by atoms with Gasteiger partial charge in [-0.25, -0.2) is 8.78 Å². The molecule has 2 amide bonds. The molecule has 2 aromatic carbocycles. The number of benzene rings is 2. The summed E-state index contributed by atoms with van der Waals surface area (Å²) in [5, 5.41) is 28.0. The van der Waals surface area contributed by atoms with Gasteiger partial charge >= 0.3 is 0 Å². The van der Waals surface area contributed by atoms with Crippen molar-refractivity contribution in [2.75, 3.05) is 18.5 Å². The van der Waals surface area contributed by atoms with Gasteiger partial charge in [0.25, 0.3) is 0 Å². The van der Waals surface area contributed by atoms with Gasteiger partial charge in [-0.05, 0) is 72.4 Å². The van der Waals surface area contributed by atoms with Crippen LogP contribution in [0.2, 0.25) is 10.0 Å². The minimum absolute atomic E-state index is 0.137. The van der Waals surface area contributed by atoms with E-state index in [0.29, 0.717) is 42.6 Å². The van der Waals surface area contributed by atoms with Crippen LogP contribution in [0.5, 0.6) is 0 Å². The molecule has 2 aliphatic rings. The van der Waals surface area contributed by atoms with E-state index in [-0.39, 0.29) is 33.9 Å². The van der Waals surface area contributed by atoms with Crippen LogP contribution >= 0.6 is 23.2 Å². The lowest BCUT2D eigenvalue weighted by atomic mass is 9.62. The largest absolute Gasteiger partial charge is 0.394 e. The van der Waals surface area contributed by atoms with Gasteiger partial charge in [-0.2, -0.15) is 0 Å². The van der Waals surface area contributed by atoms with Crippen molar-refractivity contribution in [1.29, 1.82) is 0 Å². The number of halogens is 4. The standard InChI is InChI=1S/C32H41Cl2F2N3O4/c1-5-17(11-19(41)16-40)7-6-10-37-29(42)28-27(18-8-9-23(35)21(33)12-18)32(26(39-28)15-31(2,3)4)20-13-24(36)22(34)14-25(20)38-30(32)43/h8-9,12-14,17,19,26-28,39-41H,5-7,10-11,15-16H2,1-4H3,(H,37,42)(H,38,43)/t17?,19-,26-,27+,28-,32+/m1/s1. The van der Waals surface area contributed by atoms with Gasteiger partial charge in [-0.1, -0.05) is 63.4 Å². The number of rotatable bonds is 11. The zero-order valence-corrected chi connectivity index (χ0v) is 26.5. The Bertz CT molecular complexity index is 1350. The maximum Gasteiger partial charge on any atom is 0.237 e. The van der Waals surface area contributed by atoms with Crippen LogP contribution in [-0.2, 0) is 15.0 Å². The first-order chi connectivity index (χ1) is 20.2. The van der Waals surface area contributed by atoms with E-state index in [1.54, 1.807) is 0 Å². The molecule has 2 heterocycles. The van der Waals surface area contributed by atoms with Gasteiger partial charge in [0.2, 0.25) is 11.8 Å². The second-order valence-electron chi connectivity index (χ2n) is 13.0. The van der Waals surface area contributed by atoms with Crippen LogP contribution in [0, 0.1) is 23.0 Å². The summed E-state index contributed by atoms with van der Waals surface area (Å²) in [7, 11) is 0. The van der Waals surface area contributed by atoms with Crippen LogP contribution in [0.15, 0.2) is 30.3 Å². The van der Waals surface area contributed by atoms with Crippen LogP contribution in [0.3, 0.4) is 0 Å². The maximum absolute atomic E-state index is 15.0. The zero-order valence-electron chi connectivity index (χ0n) is 24.9. The molecule has 1 fully saturated rings. The van der Waals surface area contributed by atoms with Crippen molar-refractivity contribution in [2.45, 2.75) is 89.3 Å². The Kier molecular flexibility index (Phi) is 10.4. The molecule has 0 radical (unpaired) electrons. The number of nitrogens with one attached hydrogen (secondary N) is 3. The molecule has 4 rings (SSSR count). The molecule has 2 aromatic rings. The molecule has 2 aliphatic heterocycles. The summed E-state index contributed by atoms with van der Waals surface area (Å²) in [6.45, 7) is 8.14. The summed E-state index contributed by atoms with van der Waals surface area (Å²) in [6.07, 6.45) is 2.38. The predicted octanol–water partition coefficient (Wildman–Crippen LogP) is 5.69. The van der Waals surface area contributed by atoms with Crippen molar-refractivity contribution in [1.82, 2.24) is 10.6 Å². The van der Waals surface area contributed by atoms with Gasteiger partial charge in [-0.15, -0.1) is 0 Å². The molecule has 1 saturated heterocycles. The van der Waals surface area contributed by atoms with Crippen molar-refractivity contribution >= 4 is 40.7 Å². The van der Waals surface area contributed by atoms with E-state index in [9.17, 15) is 24.2 Å². The Morgan fingerprint density at radius 2 is 1.84 bits per heavy atom. The van der Waals surface area contributed by atoms with Gasteiger partial charge in [0.15, 0.2) is 0 Å². The molecule has 11 heteroatoms. The lowest BCUT2D eigenvalue weighted by molar-refractivity contribution is -0.123. The molecule has 0 saturated carbocycles. The molecule has 0 aliphatic carbocycles. The lowest BCUT2D eigenvalue weighted by Crippen LogP contribution is -2.49. The molecule has 1 spiro atoms. The molecule has 6 atom stereocenters. The summed E-state index contributed by atoms with van der Waals surface area (Å²) in [5.41, 5.74) is -0.492. The van der Waals surface area contributed by atoms with Crippen molar-refractivity contribution < 1.29 is 28.6 Å². The van der Waals surface area contributed by atoms with Gasteiger partial charge in [0.1, 0.15) is 17.0 Å². The molecule has 0 aromatic heterocycles. The molecular weight excluding hydrogens is 599 g/mol. The van der Waals surface area contributed by atoms with E-state index >= 15 is 4.39 Å². The quantitative estimate of drug-likeness (QED) is 0.203. The fourth-order valence-corrected chi connectivity index (χ4v) is 7.15. The summed E-state index contributed by atoms with van der Waals surface area (Å²) >= 11 is 12.3. The van der Waals surface area contributed by atoms with Crippen LogP contribution in [0.1, 0.15) is 76.8 Å². The highest BCUT2D eigenvalue weighted by molar-refractivity contribution is 6.31. The lowest BCUT2D eigenvalue weighted by Gasteiger charge is -2.37. The fourth-order valence-electron chi connectivity index (χ4n) is 6.80. The highest BCUT2D eigenvalue weighted by Gasteiger charge is 2.66. The molecule has 7 nitrogen and oxygen atoms in total. The highest BCUT2D eigenvalue weighted by atomic mass is 35.5. The van der Waals surface area contributed by atoms with Crippen LogP contribution in [0.25, 0.3) is 0 Å². The molecular formula is C32H41Cl2F2N3O4. The Labute approximate surface area is 261 Å². The average Bonchev–Trinajstić information content (AvgIpc) is 3.41. The molecule has 1 unspecified atom stereocenters. The Hall–Kier alpha value is -2.30. The third kappa shape index (κ3) is 6.86. The maximum atomic E-state index is 15.0. The van der Waals surface area contributed by atoms with Gasteiger partial charge in [-0.3, -0.25) is 9.59 Å². The van der Waals surface area contributed by atoms with E-state index in [2.05, 4.69) is 16.0 Å². The third-order valence-electron chi connectivity index (χ3n) is 8.77. The van der Waals surface area contributed by atoms with Crippen molar-refractivity contribution in [3.8, 4) is 0 Å². The third-order valence-corrected chi connectivity index (χ3v) is 9.35. The molecule has 5 N–H and O–H groups in total. The number of aliphatic hydroxyl groups excluding tert-OH is 2. The average molecular weight is 641 g/mol. The van der Waals surface area contributed by atoms with E-state index in [1.807, 2.05) is 27.7 Å². The number of fused-ring (bicyclic) bond motifs is 2. The Morgan fingerprint density at radius 1 is 1.14 bits per heavy atom. The Balaban J connectivity index is 1.73. The minimum atomic E-state index is -1.43. The predicted molar refractivity (Wildman–Crippen MR) is 164 cm³/mol. The first kappa shape index (κ1) is 33.6. The van der Waals surface area contributed by atoms with Gasteiger partial charge < -0.3 is 26.2 Å². The van der Waals surface area contributed by atoms with Gasteiger partial charge in [0.05, 0.1) is 28.8 Å². The van der Waals surface area contributed by atoms with Crippen molar-refractivity contribution in [3.05, 3.63) is 63.1 Å². The summed E-state index contributed by atoms with van der Waals surface area (Å²) < 4.78 is 29.4. The zero-order chi connectivity index (χ0) is 31.7. The van der Waals surface area contributed by atoms with E-state index < -0.39 is 47.1 Å². The minimum Gasteiger partial charge on any atom is -0.394 e. The summed E-state index contributed by atoms with van der Waals surface area (Å²) in [4.78, 5) is 28.1. The summed E-state index contributed by atoms with van der Waals surface area (Å²) in [6, 6.07) is 5.28. The van der Waals surface area contributed by atoms with Crippen LogP contribution in [-0.4, -0.2) is 53.4 Å². The first-order valence-electron chi connectivity index (χ1n) is 14.8. The number of amides is 2. The molecule has 236 valence electrons. The normalized spacial score (nSPS) is 24.6. The fraction of sp³-hybridized carbons (Fsp3) is 0.562. The van der Waals surface area contributed by atoms with E-state index in [0.717, 1.165) is 12.8 Å². The number of hydrogen-bond acceptors (Lipinski definition) is 5. The van der Waals surface area contributed by atoms with Crippen molar-refractivity contribution in [2.24, 2.45) is 11.3 Å². The van der Waals surface area contributed by atoms with Crippen LogP contribution < -0.4 is 16.0 Å². The molecule has 43 heavy (non-hydrogen) atoms. The van der Waals surface area contributed by atoms with Crippen molar-refractivity contribution in [3.63, 3.8) is 0 Å². The Morgan fingerprint density at radius 3 is 2.47 bits per heavy atom. The monoisotopic (exact) mass is 639 g/mol.